The number of methoxy groups -OCH3 is 1. The lowest BCUT2D eigenvalue weighted by Crippen LogP contribution is -2.38. The zero-order valence-corrected chi connectivity index (χ0v) is 20.3. The van der Waals surface area contributed by atoms with Crippen molar-refractivity contribution in [3.05, 3.63) is 105 Å². The predicted octanol–water partition coefficient (Wildman–Crippen LogP) is 6.23. The number of hydrogen-bond donors (Lipinski definition) is 1. The first-order chi connectivity index (χ1) is 17.0. The van der Waals surface area contributed by atoms with Gasteiger partial charge in [0.25, 0.3) is 5.91 Å². The van der Waals surface area contributed by atoms with Crippen molar-refractivity contribution in [1.82, 2.24) is 4.90 Å². The summed E-state index contributed by atoms with van der Waals surface area (Å²) in [5.74, 6) is 0.731. The number of benzene rings is 3. The molecule has 0 radical (unpaired) electrons. The molecular weight excluding hydrogens is 482 g/mol. The highest BCUT2D eigenvalue weighted by molar-refractivity contribution is 8.17. The number of thioether (sulfide) groups is 1. The molecule has 0 aliphatic carbocycles. The molecular formula is C27H20ClN3O3S. The van der Waals surface area contributed by atoms with E-state index >= 15 is 0 Å². The van der Waals surface area contributed by atoms with E-state index in [0.29, 0.717) is 33.9 Å². The Balaban J connectivity index is 1.39. The molecule has 1 N–H and O–H groups in total. The Bertz CT molecular complexity index is 1400. The van der Waals surface area contributed by atoms with E-state index in [1.807, 2.05) is 66.1 Å². The van der Waals surface area contributed by atoms with Gasteiger partial charge in [-0.25, -0.2) is 0 Å². The van der Waals surface area contributed by atoms with E-state index in [-0.39, 0.29) is 11.4 Å². The quantitative estimate of drug-likeness (QED) is 0.405. The monoisotopic (exact) mass is 501 g/mol. The summed E-state index contributed by atoms with van der Waals surface area (Å²) in [6.45, 7) is 0.357. The van der Waals surface area contributed by atoms with Crippen LogP contribution >= 0.6 is 23.4 Å². The Kier molecular flexibility index (Phi) is 6.44. The summed E-state index contributed by atoms with van der Waals surface area (Å²) < 4.78 is 11.4. The number of rotatable bonds is 6. The van der Waals surface area contributed by atoms with Crippen LogP contribution in [0.4, 0.5) is 0 Å². The number of fused-ring (bicyclic) bond motifs is 1. The molecule has 2 heterocycles. The number of hydrogen-bond acceptors (Lipinski definition) is 5. The largest absolute Gasteiger partial charge is 0.493 e. The van der Waals surface area contributed by atoms with Gasteiger partial charge >= 0.3 is 0 Å². The summed E-state index contributed by atoms with van der Waals surface area (Å²) >= 11 is 7.28. The van der Waals surface area contributed by atoms with E-state index in [2.05, 4.69) is 4.99 Å². The van der Waals surface area contributed by atoms with E-state index in [1.54, 1.807) is 30.2 Å². The lowest BCUT2D eigenvalue weighted by molar-refractivity contribution is -0.114. The summed E-state index contributed by atoms with van der Waals surface area (Å²) in [4.78, 5) is 18.7. The Morgan fingerprint density at radius 3 is 2.57 bits per heavy atom. The summed E-state index contributed by atoms with van der Waals surface area (Å²) in [6.07, 6.45) is 1.65. The number of carbonyl (C=O) groups excluding carboxylic acids is 1. The summed E-state index contributed by atoms with van der Waals surface area (Å²) in [5.41, 5.74) is 3.65. The third-order valence-corrected chi connectivity index (χ3v) is 6.57. The van der Waals surface area contributed by atoms with Gasteiger partial charge in [-0.15, -0.1) is 0 Å². The zero-order chi connectivity index (χ0) is 24.4. The molecule has 0 saturated carbocycles. The van der Waals surface area contributed by atoms with Crippen molar-refractivity contribution < 1.29 is 14.3 Å². The molecule has 0 atom stereocenters. The van der Waals surface area contributed by atoms with Crippen molar-refractivity contribution in [1.29, 1.82) is 5.41 Å². The molecule has 6 nitrogen and oxygen atoms in total. The average molecular weight is 502 g/mol. The third-order valence-electron chi connectivity index (χ3n) is 5.49. The highest BCUT2D eigenvalue weighted by Gasteiger charge is 2.36. The van der Waals surface area contributed by atoms with Gasteiger partial charge in [0, 0.05) is 10.4 Å². The van der Waals surface area contributed by atoms with Crippen molar-refractivity contribution >= 4 is 52.0 Å². The molecule has 2 aliphatic heterocycles. The maximum atomic E-state index is 12.8. The van der Waals surface area contributed by atoms with Crippen LogP contribution in [0.1, 0.15) is 16.7 Å². The molecule has 0 saturated heterocycles. The minimum Gasteiger partial charge on any atom is -0.493 e. The molecule has 0 fully saturated rings. The second-order valence-electron chi connectivity index (χ2n) is 7.75. The van der Waals surface area contributed by atoms with Crippen molar-refractivity contribution in [3.8, 4) is 11.5 Å². The summed E-state index contributed by atoms with van der Waals surface area (Å²) in [5, 5.41) is 11.9. The molecule has 0 bridgehead atoms. The van der Waals surface area contributed by atoms with E-state index in [1.165, 1.54) is 11.8 Å². The number of carbonyl (C=O) groups is 1. The fourth-order valence-electron chi connectivity index (χ4n) is 3.72. The van der Waals surface area contributed by atoms with Crippen LogP contribution in [-0.2, 0) is 11.4 Å². The second kappa shape index (κ2) is 9.82. The lowest BCUT2D eigenvalue weighted by atomic mass is 10.1. The van der Waals surface area contributed by atoms with Gasteiger partial charge in [-0.05, 0) is 47.0 Å². The van der Waals surface area contributed by atoms with Crippen molar-refractivity contribution in [2.24, 2.45) is 4.99 Å². The maximum absolute atomic E-state index is 12.8. The fraction of sp³-hybridized carbons (Fsp3) is 0.0741. The first kappa shape index (κ1) is 23.0. The number of halogens is 1. The molecule has 0 unspecified atom stereocenters. The molecule has 0 aromatic heterocycles. The number of aliphatic imine (C=N–C) groups is 1. The predicted molar refractivity (Wildman–Crippen MR) is 141 cm³/mol. The number of amides is 1. The van der Waals surface area contributed by atoms with Crippen LogP contribution < -0.4 is 9.47 Å². The van der Waals surface area contributed by atoms with Gasteiger partial charge in [0.05, 0.1) is 18.4 Å². The SMILES string of the molecule is COc1cc(C=C2C(=N)N3C(c4ccccc4)=CSC3=NC2=O)ccc1OCc1ccc(Cl)cc1. The van der Waals surface area contributed by atoms with Gasteiger partial charge < -0.3 is 9.47 Å². The van der Waals surface area contributed by atoms with Gasteiger partial charge in [0.15, 0.2) is 16.7 Å². The summed E-state index contributed by atoms with van der Waals surface area (Å²) in [6, 6.07) is 22.6. The third kappa shape index (κ3) is 4.73. The van der Waals surface area contributed by atoms with Crippen molar-refractivity contribution in [3.63, 3.8) is 0 Å². The molecule has 2 aliphatic rings. The first-order valence-electron chi connectivity index (χ1n) is 10.7. The van der Waals surface area contributed by atoms with Crippen LogP contribution in [0.2, 0.25) is 5.02 Å². The Morgan fingerprint density at radius 2 is 1.83 bits per heavy atom. The topological polar surface area (TPSA) is 75.0 Å². The van der Waals surface area contributed by atoms with Crippen molar-refractivity contribution in [2.75, 3.05) is 7.11 Å². The molecule has 3 aromatic carbocycles. The van der Waals surface area contributed by atoms with E-state index in [9.17, 15) is 4.79 Å². The highest BCUT2D eigenvalue weighted by Crippen LogP contribution is 2.37. The summed E-state index contributed by atoms with van der Waals surface area (Å²) in [7, 11) is 1.56. The van der Waals surface area contributed by atoms with Crippen LogP contribution in [0.15, 0.2) is 88.8 Å². The van der Waals surface area contributed by atoms with Crippen LogP contribution in [0, 0.1) is 5.41 Å². The zero-order valence-electron chi connectivity index (χ0n) is 18.7. The van der Waals surface area contributed by atoms with Gasteiger partial charge in [-0.3, -0.25) is 15.1 Å². The van der Waals surface area contributed by atoms with E-state index < -0.39 is 5.91 Å². The first-order valence-corrected chi connectivity index (χ1v) is 12.0. The van der Waals surface area contributed by atoms with Gasteiger partial charge in [0.1, 0.15) is 12.4 Å². The molecule has 174 valence electrons. The van der Waals surface area contributed by atoms with Gasteiger partial charge in [-0.2, -0.15) is 4.99 Å². The molecule has 0 spiro atoms. The van der Waals surface area contributed by atoms with Crippen LogP contribution in [0.5, 0.6) is 11.5 Å². The maximum Gasteiger partial charge on any atom is 0.283 e. The highest BCUT2D eigenvalue weighted by atomic mass is 35.5. The minimum atomic E-state index is -0.446. The average Bonchev–Trinajstić information content (AvgIpc) is 3.31. The Morgan fingerprint density at radius 1 is 1.06 bits per heavy atom. The molecule has 5 rings (SSSR count). The Hall–Kier alpha value is -3.81. The van der Waals surface area contributed by atoms with E-state index in [0.717, 1.165) is 16.8 Å². The second-order valence-corrected chi connectivity index (χ2v) is 9.03. The molecule has 1 amide bonds. The van der Waals surface area contributed by atoms with Gasteiger partial charge in [-0.1, -0.05) is 71.9 Å². The Labute approximate surface area is 212 Å². The van der Waals surface area contributed by atoms with Crippen LogP contribution in [0.3, 0.4) is 0 Å². The van der Waals surface area contributed by atoms with Crippen LogP contribution in [0.25, 0.3) is 11.8 Å². The number of amidine groups is 2. The smallest absolute Gasteiger partial charge is 0.283 e. The lowest BCUT2D eigenvalue weighted by Gasteiger charge is -2.27. The number of ether oxygens (including phenoxy) is 2. The fourth-order valence-corrected chi connectivity index (χ4v) is 4.73. The molecule has 8 heteroatoms. The molecule has 35 heavy (non-hydrogen) atoms. The van der Waals surface area contributed by atoms with Gasteiger partial charge in [0.2, 0.25) is 0 Å². The number of nitrogens with zero attached hydrogens (tertiary/aromatic N) is 2. The van der Waals surface area contributed by atoms with Crippen molar-refractivity contribution in [2.45, 2.75) is 6.61 Å². The normalized spacial score (nSPS) is 16.2. The van der Waals surface area contributed by atoms with E-state index in [4.69, 9.17) is 26.5 Å². The minimum absolute atomic E-state index is 0.0853. The number of nitrogens with one attached hydrogen (secondary N) is 1. The molecule has 3 aromatic rings. The van der Waals surface area contributed by atoms with Crippen LogP contribution in [-0.4, -0.2) is 28.9 Å². The standard InChI is InChI=1S/C27H20ClN3O3S/c1-33-24-14-18(9-12-23(24)34-15-17-7-10-20(28)11-8-17)13-21-25(29)31-22(19-5-3-2-4-6-19)16-35-27(31)30-26(21)32/h2-14,16,29H,15H2,1H3.